The van der Waals surface area contributed by atoms with Crippen molar-refractivity contribution in [2.45, 2.75) is 38.6 Å². The van der Waals surface area contributed by atoms with Crippen LogP contribution in [0.15, 0.2) is 48.3 Å². The van der Waals surface area contributed by atoms with Crippen LogP contribution in [-0.4, -0.2) is 29.0 Å². The number of nitrogens with zero attached hydrogens (tertiary/aromatic N) is 2. The minimum absolute atomic E-state index is 0.0735. The molecule has 0 atom stereocenters. The summed E-state index contributed by atoms with van der Waals surface area (Å²) < 4.78 is 7.59. The summed E-state index contributed by atoms with van der Waals surface area (Å²) in [6.07, 6.45) is 10.2. The quantitative estimate of drug-likeness (QED) is 0.621. The van der Waals surface area contributed by atoms with E-state index in [4.69, 9.17) is 4.74 Å². The summed E-state index contributed by atoms with van der Waals surface area (Å²) in [5.41, 5.74) is 1.03. The van der Waals surface area contributed by atoms with Crippen molar-refractivity contribution >= 4 is 29.6 Å². The van der Waals surface area contributed by atoms with Crippen LogP contribution < -0.4 is 15.0 Å². The van der Waals surface area contributed by atoms with Gasteiger partial charge in [-0.05, 0) is 49.6 Å². The lowest BCUT2D eigenvalue weighted by molar-refractivity contribution is -0.122. The molecule has 29 heavy (non-hydrogen) atoms. The summed E-state index contributed by atoms with van der Waals surface area (Å²) in [5.74, 6) is -0.798. The lowest BCUT2D eigenvalue weighted by Gasteiger charge is -2.26. The molecule has 1 saturated heterocycles. The monoisotopic (exact) mass is 393 g/mol. The van der Waals surface area contributed by atoms with Gasteiger partial charge in [0.1, 0.15) is 11.3 Å². The van der Waals surface area contributed by atoms with Gasteiger partial charge >= 0.3 is 6.03 Å². The molecular weight excluding hydrogens is 370 g/mol. The second-order valence-electron chi connectivity index (χ2n) is 7.22. The predicted octanol–water partition coefficient (Wildman–Crippen LogP) is 3.67. The van der Waals surface area contributed by atoms with Crippen LogP contribution >= 0.6 is 0 Å². The fourth-order valence-corrected chi connectivity index (χ4v) is 3.88. The van der Waals surface area contributed by atoms with Gasteiger partial charge in [-0.2, -0.15) is 0 Å². The molecule has 1 aromatic heterocycles. The zero-order valence-corrected chi connectivity index (χ0v) is 16.3. The highest BCUT2D eigenvalue weighted by atomic mass is 16.5. The van der Waals surface area contributed by atoms with Crippen LogP contribution in [0, 0.1) is 0 Å². The molecule has 1 aliphatic heterocycles. The number of urea groups is 1. The largest absolute Gasteiger partial charge is 0.494 e. The summed E-state index contributed by atoms with van der Waals surface area (Å²) in [6.45, 7) is 2.31. The van der Waals surface area contributed by atoms with Crippen LogP contribution in [0.4, 0.5) is 10.5 Å². The molecule has 7 nitrogen and oxygen atoms in total. The summed E-state index contributed by atoms with van der Waals surface area (Å²) in [4.78, 5) is 38.7. The molecule has 0 radical (unpaired) electrons. The maximum atomic E-state index is 13.0. The lowest BCUT2D eigenvalue weighted by Crippen LogP contribution is -2.54. The van der Waals surface area contributed by atoms with Crippen molar-refractivity contribution in [3.8, 4) is 5.75 Å². The first-order valence-corrected chi connectivity index (χ1v) is 9.88. The molecule has 2 aliphatic rings. The van der Waals surface area contributed by atoms with Gasteiger partial charge in [0.25, 0.3) is 11.8 Å². The Bertz CT molecular complexity index is 985. The Balaban J connectivity index is 1.63. The minimum Gasteiger partial charge on any atom is -0.494 e. The van der Waals surface area contributed by atoms with Gasteiger partial charge in [0, 0.05) is 24.5 Å². The first-order chi connectivity index (χ1) is 14.1. The number of carbonyl (C=O) groups is 3. The Labute approximate surface area is 168 Å². The zero-order valence-electron chi connectivity index (χ0n) is 16.3. The van der Waals surface area contributed by atoms with Crippen molar-refractivity contribution in [3.63, 3.8) is 0 Å². The number of amides is 4. The number of rotatable bonds is 5. The highest BCUT2D eigenvalue weighted by Gasteiger charge is 2.37. The molecule has 4 amide bonds. The van der Waals surface area contributed by atoms with Crippen molar-refractivity contribution in [3.05, 3.63) is 53.9 Å². The summed E-state index contributed by atoms with van der Waals surface area (Å²) in [5, 5.41) is 2.25. The van der Waals surface area contributed by atoms with Crippen molar-refractivity contribution in [2.24, 2.45) is 0 Å². The molecule has 4 rings (SSSR count). The minimum atomic E-state index is -0.769. The van der Waals surface area contributed by atoms with Gasteiger partial charge in [-0.15, -0.1) is 0 Å². The van der Waals surface area contributed by atoms with E-state index >= 15 is 0 Å². The maximum absolute atomic E-state index is 13.0. The summed E-state index contributed by atoms with van der Waals surface area (Å²) in [7, 11) is 0. The van der Waals surface area contributed by atoms with E-state index in [1.807, 2.05) is 25.4 Å². The van der Waals surface area contributed by atoms with Crippen LogP contribution in [0.1, 0.15) is 44.2 Å². The second-order valence-corrected chi connectivity index (χ2v) is 7.22. The van der Waals surface area contributed by atoms with E-state index in [0.29, 0.717) is 24.1 Å². The van der Waals surface area contributed by atoms with Crippen molar-refractivity contribution in [2.75, 3.05) is 11.5 Å². The summed E-state index contributed by atoms with van der Waals surface area (Å²) >= 11 is 0. The van der Waals surface area contributed by atoms with Crippen molar-refractivity contribution in [1.29, 1.82) is 0 Å². The summed E-state index contributed by atoms with van der Waals surface area (Å²) in [6, 6.07) is 8.25. The van der Waals surface area contributed by atoms with Gasteiger partial charge in [0.15, 0.2) is 0 Å². The molecule has 2 heterocycles. The molecular formula is C22H23N3O4. The van der Waals surface area contributed by atoms with Gasteiger partial charge in [-0.25, -0.2) is 9.69 Å². The maximum Gasteiger partial charge on any atom is 0.335 e. The van der Waals surface area contributed by atoms with Gasteiger partial charge < -0.3 is 9.30 Å². The van der Waals surface area contributed by atoms with Crippen LogP contribution in [0.25, 0.3) is 6.08 Å². The number of imide groups is 2. The van der Waals surface area contributed by atoms with Crippen LogP contribution in [0.2, 0.25) is 0 Å². The van der Waals surface area contributed by atoms with Gasteiger partial charge in [-0.3, -0.25) is 14.9 Å². The van der Waals surface area contributed by atoms with E-state index in [9.17, 15) is 14.4 Å². The third kappa shape index (κ3) is 3.81. The zero-order chi connectivity index (χ0) is 20.4. The predicted molar refractivity (Wildman–Crippen MR) is 109 cm³/mol. The van der Waals surface area contributed by atoms with E-state index in [0.717, 1.165) is 23.3 Å². The third-order valence-corrected chi connectivity index (χ3v) is 5.28. The van der Waals surface area contributed by atoms with Crippen LogP contribution in [0.3, 0.4) is 0 Å². The highest BCUT2D eigenvalue weighted by Crippen LogP contribution is 2.30. The van der Waals surface area contributed by atoms with Gasteiger partial charge in [-0.1, -0.05) is 18.9 Å². The number of benzene rings is 1. The van der Waals surface area contributed by atoms with Crippen LogP contribution in [-0.2, 0) is 9.59 Å². The van der Waals surface area contributed by atoms with E-state index in [2.05, 4.69) is 9.88 Å². The smallest absolute Gasteiger partial charge is 0.335 e. The molecule has 0 unspecified atom stereocenters. The molecule has 0 bridgehead atoms. The molecule has 1 aliphatic carbocycles. The Morgan fingerprint density at radius 2 is 1.97 bits per heavy atom. The molecule has 7 heteroatoms. The first kappa shape index (κ1) is 19.0. The molecule has 2 fully saturated rings. The number of hydrogen-bond acceptors (Lipinski definition) is 4. The van der Waals surface area contributed by atoms with E-state index in [1.54, 1.807) is 24.3 Å². The first-order valence-electron chi connectivity index (χ1n) is 9.88. The molecule has 1 saturated carbocycles. The fraction of sp³-hybridized carbons (Fsp3) is 0.318. The topological polar surface area (TPSA) is 80.6 Å². The average Bonchev–Trinajstić information content (AvgIpc) is 3.37. The Morgan fingerprint density at radius 3 is 2.72 bits per heavy atom. The standard InChI is InChI=1S/C22H23N3O4/c1-2-29-18-9-5-8-17(13-18)25-21(27)19(20(26)23-22(25)28)12-15-10-11-24(14-15)16-6-3-4-7-16/h5,8-14,16H,2-4,6-7H2,1H3,(H,23,26,28)/b19-12-. The number of ether oxygens (including phenoxy) is 1. The molecule has 1 aromatic carbocycles. The Hall–Kier alpha value is -3.35. The van der Waals surface area contributed by atoms with E-state index < -0.39 is 17.8 Å². The SMILES string of the molecule is CCOc1cccc(N2C(=O)NC(=O)/C(=C/c3ccn(C4CCCC4)c3)C2=O)c1. The number of hydrogen-bond donors (Lipinski definition) is 1. The fourth-order valence-electron chi connectivity index (χ4n) is 3.88. The Kier molecular flexibility index (Phi) is 5.20. The van der Waals surface area contributed by atoms with E-state index in [-0.39, 0.29) is 5.57 Å². The lowest BCUT2D eigenvalue weighted by atomic mass is 10.1. The molecule has 0 spiro atoms. The number of nitrogens with one attached hydrogen (secondary N) is 1. The molecule has 2 aromatic rings. The molecule has 1 N–H and O–H groups in total. The van der Waals surface area contributed by atoms with Crippen molar-refractivity contribution in [1.82, 2.24) is 9.88 Å². The second kappa shape index (κ2) is 7.95. The van der Waals surface area contributed by atoms with Crippen molar-refractivity contribution < 1.29 is 19.1 Å². The van der Waals surface area contributed by atoms with E-state index in [1.165, 1.54) is 18.9 Å². The third-order valence-electron chi connectivity index (χ3n) is 5.28. The van der Waals surface area contributed by atoms with Crippen LogP contribution in [0.5, 0.6) is 5.75 Å². The number of aromatic nitrogens is 1. The number of anilines is 1. The Morgan fingerprint density at radius 1 is 1.17 bits per heavy atom. The number of barbiturate groups is 1. The normalized spacial score (nSPS) is 19.1. The molecule has 150 valence electrons. The highest BCUT2D eigenvalue weighted by molar-refractivity contribution is 6.39. The number of carbonyl (C=O) groups excluding carboxylic acids is 3. The van der Waals surface area contributed by atoms with Gasteiger partial charge in [0.05, 0.1) is 12.3 Å². The average molecular weight is 393 g/mol. The van der Waals surface area contributed by atoms with Gasteiger partial charge in [0.2, 0.25) is 0 Å².